The summed E-state index contributed by atoms with van der Waals surface area (Å²) in [6.45, 7) is 1.03. The molecular weight excluding hydrogens is 436 g/mol. The summed E-state index contributed by atoms with van der Waals surface area (Å²) in [6.07, 6.45) is 2.57. The van der Waals surface area contributed by atoms with Gasteiger partial charge in [-0.3, -0.25) is 14.2 Å². The van der Waals surface area contributed by atoms with Crippen molar-refractivity contribution in [1.29, 1.82) is 0 Å². The van der Waals surface area contributed by atoms with Gasteiger partial charge in [0, 0.05) is 20.1 Å². The minimum Gasteiger partial charge on any atom is -0.319 e. The number of nitrogens with zero attached hydrogens (tertiary/aromatic N) is 6. The van der Waals surface area contributed by atoms with Gasteiger partial charge in [-0.2, -0.15) is 5.10 Å². The van der Waals surface area contributed by atoms with Gasteiger partial charge in [0.15, 0.2) is 16.4 Å². The molecule has 0 aromatic carbocycles. The molecule has 12 nitrogen and oxygen atoms in total. The predicted octanol–water partition coefficient (Wildman–Crippen LogP) is -0.592. The predicted molar refractivity (Wildman–Crippen MR) is 112 cm³/mol. The molecule has 30 heavy (non-hydrogen) atoms. The van der Waals surface area contributed by atoms with Gasteiger partial charge in [-0.05, 0) is 26.2 Å². The topological polar surface area (TPSA) is 158 Å². The zero-order valence-electron chi connectivity index (χ0n) is 16.4. The van der Waals surface area contributed by atoms with Crippen LogP contribution >= 0.6 is 12.4 Å². The van der Waals surface area contributed by atoms with E-state index >= 15 is 0 Å². The van der Waals surface area contributed by atoms with Crippen molar-refractivity contribution in [3.05, 3.63) is 40.7 Å². The molecule has 0 atom stereocenters. The molecule has 0 unspecified atom stereocenters. The van der Waals surface area contributed by atoms with Gasteiger partial charge in [0.05, 0.1) is 11.9 Å². The molecule has 0 saturated carbocycles. The highest BCUT2D eigenvalue weighted by Gasteiger charge is 2.21. The van der Waals surface area contributed by atoms with Crippen molar-refractivity contribution in [2.45, 2.75) is 11.6 Å². The van der Waals surface area contributed by atoms with Crippen molar-refractivity contribution >= 4 is 45.1 Å². The number of carbonyl (C=O) groups is 1. The lowest BCUT2D eigenvalue weighted by Gasteiger charge is -2.10. The number of sulfonamides is 1. The zero-order valence-corrected chi connectivity index (χ0v) is 18.1. The lowest BCUT2D eigenvalue weighted by Crippen LogP contribution is -2.27. The first-order chi connectivity index (χ1) is 13.6. The van der Waals surface area contributed by atoms with Crippen LogP contribution in [0.2, 0.25) is 0 Å². The molecule has 1 amide bonds. The number of halogens is 1. The number of rotatable bonds is 6. The van der Waals surface area contributed by atoms with Crippen molar-refractivity contribution in [2.75, 3.05) is 26.0 Å². The molecule has 3 N–H and O–H groups in total. The van der Waals surface area contributed by atoms with Gasteiger partial charge in [-0.1, -0.05) is 0 Å². The van der Waals surface area contributed by atoms with Crippen LogP contribution in [0.15, 0.2) is 34.5 Å². The zero-order chi connectivity index (χ0) is 21.3. The maximum Gasteiger partial charge on any atom is 0.277 e. The summed E-state index contributed by atoms with van der Waals surface area (Å²) in [5.74, 6) is -0.648. The standard InChI is InChI=1S/C16H20N8O4S.ClH/c1-22(2)6-7-24-9-19-14-12(16(24)26)13(21-23(14)3)15(25)20-10-4-5-11(18-8-10)29(17,27)28;/h4-5,8-9H,6-7H2,1-3H3,(H,20,25)(H2,17,27,28);1H. The van der Waals surface area contributed by atoms with Crippen LogP contribution in [0.25, 0.3) is 11.0 Å². The Morgan fingerprint density at radius 2 is 1.97 bits per heavy atom. The number of aromatic nitrogens is 5. The first-order valence-corrected chi connectivity index (χ1v) is 9.99. The number of nitrogens with two attached hydrogens (primary N) is 1. The van der Waals surface area contributed by atoms with Gasteiger partial charge in [-0.25, -0.2) is 28.2 Å². The number of pyridine rings is 1. The van der Waals surface area contributed by atoms with Gasteiger partial charge in [0.25, 0.3) is 21.5 Å². The molecule has 3 aromatic rings. The van der Waals surface area contributed by atoms with Crippen LogP contribution in [0.3, 0.4) is 0 Å². The summed E-state index contributed by atoms with van der Waals surface area (Å²) >= 11 is 0. The third kappa shape index (κ3) is 4.81. The molecule has 0 fully saturated rings. The average molecular weight is 457 g/mol. The summed E-state index contributed by atoms with van der Waals surface area (Å²) in [7, 11) is 1.41. The maximum absolute atomic E-state index is 12.9. The molecule has 3 heterocycles. The number of anilines is 1. The Morgan fingerprint density at radius 3 is 2.53 bits per heavy atom. The van der Waals surface area contributed by atoms with Gasteiger partial charge in [-0.15, -0.1) is 12.4 Å². The minimum absolute atomic E-state index is 0. The summed E-state index contributed by atoms with van der Waals surface area (Å²) in [5.41, 5.74) is 0.0366. The maximum atomic E-state index is 12.9. The highest BCUT2D eigenvalue weighted by molar-refractivity contribution is 7.89. The monoisotopic (exact) mass is 456 g/mol. The van der Waals surface area contributed by atoms with E-state index in [0.29, 0.717) is 13.1 Å². The first-order valence-electron chi connectivity index (χ1n) is 8.45. The third-order valence-electron chi connectivity index (χ3n) is 4.10. The number of hydrogen-bond donors (Lipinski definition) is 2. The molecule has 0 aliphatic carbocycles. The minimum atomic E-state index is -3.94. The molecule has 162 valence electrons. The molecule has 3 rings (SSSR count). The van der Waals surface area contributed by atoms with Gasteiger partial charge >= 0.3 is 0 Å². The summed E-state index contributed by atoms with van der Waals surface area (Å²) in [4.78, 5) is 35.4. The number of likely N-dealkylation sites (N-methyl/N-ethyl adjacent to an activating group) is 1. The van der Waals surface area contributed by atoms with Gasteiger partial charge in [0.1, 0.15) is 11.7 Å². The SMILES string of the molecule is CN(C)CCn1cnc2c(c(C(=O)Nc3ccc(S(N)(=O)=O)nc3)nn2C)c1=O.Cl. The second kappa shape index (κ2) is 8.87. The van der Waals surface area contributed by atoms with Gasteiger partial charge in [0.2, 0.25) is 0 Å². The Balaban J connectivity index is 0.00000320. The highest BCUT2D eigenvalue weighted by Crippen LogP contribution is 2.15. The van der Waals surface area contributed by atoms with E-state index in [1.807, 2.05) is 19.0 Å². The molecule has 0 radical (unpaired) electrons. The second-order valence-electron chi connectivity index (χ2n) is 6.60. The van der Waals surface area contributed by atoms with Crippen molar-refractivity contribution < 1.29 is 13.2 Å². The lowest BCUT2D eigenvalue weighted by molar-refractivity contribution is 0.102. The van der Waals surface area contributed by atoms with Crippen LogP contribution in [-0.2, 0) is 23.6 Å². The van der Waals surface area contributed by atoms with Crippen LogP contribution in [0.1, 0.15) is 10.5 Å². The van der Waals surface area contributed by atoms with Crippen molar-refractivity contribution in [2.24, 2.45) is 12.2 Å². The Hall–Kier alpha value is -2.87. The average Bonchev–Trinajstić information content (AvgIpc) is 2.98. The fourth-order valence-electron chi connectivity index (χ4n) is 2.62. The normalized spacial score (nSPS) is 11.5. The van der Waals surface area contributed by atoms with Crippen LogP contribution in [0.4, 0.5) is 5.69 Å². The Kier molecular flexibility index (Phi) is 6.92. The van der Waals surface area contributed by atoms with E-state index in [2.05, 4.69) is 20.4 Å². The number of carbonyl (C=O) groups excluding carboxylic acids is 1. The van der Waals surface area contributed by atoms with E-state index in [1.54, 1.807) is 7.05 Å². The van der Waals surface area contributed by atoms with Crippen LogP contribution in [0, 0.1) is 0 Å². The molecule has 14 heteroatoms. The molecule has 0 saturated heterocycles. The van der Waals surface area contributed by atoms with E-state index in [4.69, 9.17) is 5.14 Å². The van der Waals surface area contributed by atoms with E-state index in [-0.39, 0.29) is 45.4 Å². The fourth-order valence-corrected chi connectivity index (χ4v) is 3.08. The first kappa shape index (κ1) is 23.4. The van der Waals surface area contributed by atoms with Crippen LogP contribution in [-0.4, -0.2) is 64.2 Å². The van der Waals surface area contributed by atoms with Crippen LogP contribution in [0.5, 0.6) is 0 Å². The summed E-state index contributed by atoms with van der Waals surface area (Å²) in [6, 6.07) is 2.50. The van der Waals surface area contributed by atoms with Gasteiger partial charge < -0.3 is 10.2 Å². The molecule has 3 aromatic heterocycles. The molecule has 0 bridgehead atoms. The number of fused-ring (bicyclic) bond motifs is 1. The Bertz CT molecular complexity index is 1230. The van der Waals surface area contributed by atoms with Crippen molar-refractivity contribution in [3.8, 4) is 0 Å². The molecule has 0 aliphatic rings. The Labute approximate surface area is 178 Å². The summed E-state index contributed by atoms with van der Waals surface area (Å²) in [5, 5.41) is 11.4. The number of amides is 1. The third-order valence-corrected chi connectivity index (χ3v) is 4.92. The molecular formula is C16H21ClN8O4S. The van der Waals surface area contributed by atoms with E-state index < -0.39 is 15.9 Å². The number of hydrogen-bond acceptors (Lipinski definition) is 8. The van der Waals surface area contributed by atoms with Crippen molar-refractivity contribution in [3.63, 3.8) is 0 Å². The van der Waals surface area contributed by atoms with Crippen molar-refractivity contribution in [1.82, 2.24) is 29.2 Å². The molecule has 0 spiro atoms. The second-order valence-corrected chi connectivity index (χ2v) is 8.11. The van der Waals surface area contributed by atoms with E-state index in [9.17, 15) is 18.0 Å². The number of aryl methyl sites for hydroxylation is 1. The van der Waals surface area contributed by atoms with E-state index in [0.717, 1.165) is 12.3 Å². The molecule has 0 aliphatic heterocycles. The smallest absolute Gasteiger partial charge is 0.277 e. The lowest BCUT2D eigenvalue weighted by atomic mass is 10.2. The fraction of sp³-hybridized carbons (Fsp3) is 0.312. The summed E-state index contributed by atoms with van der Waals surface area (Å²) < 4.78 is 25.3. The number of primary sulfonamides is 1. The quantitative estimate of drug-likeness (QED) is 0.497. The largest absolute Gasteiger partial charge is 0.319 e. The Morgan fingerprint density at radius 1 is 1.27 bits per heavy atom. The van der Waals surface area contributed by atoms with E-state index in [1.165, 1.54) is 21.6 Å². The van der Waals surface area contributed by atoms with Crippen LogP contribution < -0.4 is 16.0 Å². The number of nitrogens with one attached hydrogen (secondary N) is 1. The highest BCUT2D eigenvalue weighted by atomic mass is 35.5.